The molecule has 0 amide bonds. The first-order valence-corrected chi connectivity index (χ1v) is 19.4. The first-order chi connectivity index (χ1) is 27.2. The van der Waals surface area contributed by atoms with E-state index in [1.54, 1.807) is 0 Å². The van der Waals surface area contributed by atoms with E-state index < -0.39 is 0 Å². The van der Waals surface area contributed by atoms with Crippen molar-refractivity contribution in [2.45, 2.75) is 37.5 Å². The Labute approximate surface area is 320 Å². The van der Waals surface area contributed by atoms with Crippen LogP contribution in [0.2, 0.25) is 0 Å². The number of para-hydroxylation sites is 1. The first-order valence-electron chi connectivity index (χ1n) is 19.4. The number of furan rings is 1. The summed E-state index contributed by atoms with van der Waals surface area (Å²) in [6.45, 7) is 0. The van der Waals surface area contributed by atoms with Crippen molar-refractivity contribution in [1.29, 1.82) is 0 Å². The third-order valence-electron chi connectivity index (χ3n) is 12.0. The highest BCUT2D eigenvalue weighted by Crippen LogP contribution is 2.56. The molecule has 2 heterocycles. The molecule has 9 aromatic rings. The Morgan fingerprint density at radius 2 is 0.927 bits per heavy atom. The lowest BCUT2D eigenvalue weighted by Gasteiger charge is -2.36. The van der Waals surface area contributed by atoms with Gasteiger partial charge in [-0.3, -0.25) is 0 Å². The van der Waals surface area contributed by atoms with Crippen LogP contribution in [0.3, 0.4) is 0 Å². The number of nitrogens with zero attached hydrogens (tertiary/aromatic N) is 3. The summed E-state index contributed by atoms with van der Waals surface area (Å²) >= 11 is 0. The molecule has 0 unspecified atom stereocenters. The quantitative estimate of drug-likeness (QED) is 0.179. The fraction of sp³-hybridized carbons (Fsp3) is 0.118. The highest BCUT2D eigenvalue weighted by Gasteiger charge is 2.43. The average Bonchev–Trinajstić information content (AvgIpc) is 3.76. The van der Waals surface area contributed by atoms with Crippen molar-refractivity contribution in [3.8, 4) is 67.5 Å². The van der Waals surface area contributed by atoms with Crippen LogP contribution in [0.5, 0.6) is 0 Å². The summed E-state index contributed by atoms with van der Waals surface area (Å²) in [5, 5.41) is 2.17. The third-order valence-corrected chi connectivity index (χ3v) is 12.0. The Morgan fingerprint density at radius 3 is 1.76 bits per heavy atom. The zero-order valence-electron chi connectivity index (χ0n) is 30.4. The molecule has 0 bridgehead atoms. The highest BCUT2D eigenvalue weighted by molar-refractivity contribution is 6.05. The lowest BCUT2D eigenvalue weighted by molar-refractivity contribution is 0.353. The van der Waals surface area contributed by atoms with Crippen LogP contribution in [-0.4, -0.2) is 15.0 Å². The van der Waals surface area contributed by atoms with Gasteiger partial charge in [-0.1, -0.05) is 153 Å². The van der Waals surface area contributed by atoms with Crippen molar-refractivity contribution in [3.05, 3.63) is 175 Å². The zero-order valence-corrected chi connectivity index (χ0v) is 30.4. The molecule has 0 saturated heterocycles. The van der Waals surface area contributed by atoms with E-state index in [0.717, 1.165) is 49.8 Å². The standard InChI is InChI=1S/C51H37N3O/c1-3-12-33(13-4-1)34-20-22-35(23-21-34)48-52-49(54-50(53-48)39-24-26-42-41-17-6-8-19-46(41)55-47(42)32-39)38-15-11-14-36(30-38)37-25-27-45-43(31-37)40-16-5-7-18-44(40)51(45)28-9-2-10-29-51/h1,3-8,11-27,30-32H,2,9-10,28-29H2. The van der Waals surface area contributed by atoms with Crippen LogP contribution >= 0.6 is 0 Å². The van der Waals surface area contributed by atoms with Gasteiger partial charge < -0.3 is 4.42 Å². The van der Waals surface area contributed by atoms with Crippen LogP contribution in [0, 0.1) is 0 Å². The zero-order chi connectivity index (χ0) is 36.3. The van der Waals surface area contributed by atoms with Gasteiger partial charge in [-0.15, -0.1) is 0 Å². The van der Waals surface area contributed by atoms with Crippen LogP contribution in [-0.2, 0) is 5.41 Å². The third kappa shape index (κ3) is 5.32. The number of rotatable bonds is 5. The van der Waals surface area contributed by atoms with Crippen molar-refractivity contribution >= 4 is 21.9 Å². The molecule has 11 rings (SSSR count). The molecule has 2 aliphatic rings. The summed E-state index contributed by atoms with van der Waals surface area (Å²) in [5.74, 6) is 1.86. The molecule has 0 aliphatic heterocycles. The average molecular weight is 708 g/mol. The maximum Gasteiger partial charge on any atom is 0.164 e. The minimum absolute atomic E-state index is 0.146. The van der Waals surface area contributed by atoms with E-state index in [-0.39, 0.29) is 5.41 Å². The topological polar surface area (TPSA) is 51.8 Å². The van der Waals surface area contributed by atoms with E-state index in [1.807, 2.05) is 24.3 Å². The van der Waals surface area contributed by atoms with E-state index in [4.69, 9.17) is 19.4 Å². The Morgan fingerprint density at radius 1 is 0.364 bits per heavy atom. The van der Waals surface area contributed by atoms with Gasteiger partial charge in [0.1, 0.15) is 11.2 Å². The molecule has 2 aromatic heterocycles. The lowest BCUT2D eigenvalue weighted by atomic mass is 9.68. The first kappa shape index (κ1) is 31.8. The SMILES string of the molecule is c1ccc(-c2ccc(-c3nc(-c4cccc(-c5ccc6c(c5)-c5ccccc5C65CCCCC5)c4)nc(-c4ccc5c(c4)oc4ccccc45)n3)cc2)cc1. The molecule has 0 N–H and O–H groups in total. The molecular weight excluding hydrogens is 671 g/mol. The number of hydrogen-bond donors (Lipinski definition) is 0. The second-order valence-corrected chi connectivity index (χ2v) is 15.1. The van der Waals surface area contributed by atoms with Gasteiger partial charge in [0.05, 0.1) is 0 Å². The van der Waals surface area contributed by atoms with E-state index in [2.05, 4.69) is 140 Å². The summed E-state index contributed by atoms with van der Waals surface area (Å²) in [6, 6.07) is 58.2. The predicted octanol–water partition coefficient (Wildman–Crippen LogP) is 13.3. The normalized spacial score (nSPS) is 14.3. The minimum Gasteiger partial charge on any atom is -0.456 e. The Hall–Kier alpha value is -6.65. The monoisotopic (exact) mass is 707 g/mol. The van der Waals surface area contributed by atoms with E-state index in [9.17, 15) is 0 Å². The fourth-order valence-corrected chi connectivity index (χ4v) is 9.25. The van der Waals surface area contributed by atoms with Crippen molar-refractivity contribution < 1.29 is 4.42 Å². The van der Waals surface area contributed by atoms with Gasteiger partial charge in [0.15, 0.2) is 17.5 Å². The van der Waals surface area contributed by atoms with Crippen LogP contribution in [0.4, 0.5) is 0 Å². The fourth-order valence-electron chi connectivity index (χ4n) is 9.25. The van der Waals surface area contributed by atoms with Crippen LogP contribution in [0.25, 0.3) is 89.5 Å². The maximum atomic E-state index is 6.28. The van der Waals surface area contributed by atoms with Gasteiger partial charge in [0.2, 0.25) is 0 Å². The van der Waals surface area contributed by atoms with Crippen molar-refractivity contribution in [2.24, 2.45) is 0 Å². The maximum absolute atomic E-state index is 6.28. The highest BCUT2D eigenvalue weighted by atomic mass is 16.3. The second-order valence-electron chi connectivity index (χ2n) is 15.1. The summed E-state index contributed by atoms with van der Waals surface area (Å²) < 4.78 is 6.28. The van der Waals surface area contributed by atoms with Gasteiger partial charge in [0, 0.05) is 32.9 Å². The molecule has 1 fully saturated rings. The van der Waals surface area contributed by atoms with E-state index >= 15 is 0 Å². The minimum atomic E-state index is 0.146. The van der Waals surface area contributed by atoms with Crippen LogP contribution in [0.15, 0.2) is 168 Å². The molecule has 4 nitrogen and oxygen atoms in total. The van der Waals surface area contributed by atoms with Gasteiger partial charge in [-0.25, -0.2) is 15.0 Å². The van der Waals surface area contributed by atoms with Crippen molar-refractivity contribution in [2.75, 3.05) is 0 Å². The molecule has 1 saturated carbocycles. The molecule has 7 aromatic carbocycles. The lowest BCUT2D eigenvalue weighted by Crippen LogP contribution is -2.27. The van der Waals surface area contributed by atoms with Crippen molar-refractivity contribution in [3.63, 3.8) is 0 Å². The number of aromatic nitrogens is 3. The molecular formula is C51H37N3O. The van der Waals surface area contributed by atoms with E-state index in [0.29, 0.717) is 17.5 Å². The molecule has 0 atom stereocenters. The van der Waals surface area contributed by atoms with Crippen LogP contribution in [0.1, 0.15) is 43.2 Å². The van der Waals surface area contributed by atoms with Crippen LogP contribution < -0.4 is 0 Å². The smallest absolute Gasteiger partial charge is 0.164 e. The summed E-state index contributed by atoms with van der Waals surface area (Å²) in [6.07, 6.45) is 6.37. The Kier molecular flexibility index (Phi) is 7.38. The van der Waals surface area contributed by atoms with Gasteiger partial charge in [-0.2, -0.15) is 0 Å². The van der Waals surface area contributed by atoms with Gasteiger partial charge >= 0.3 is 0 Å². The van der Waals surface area contributed by atoms with Gasteiger partial charge in [0.25, 0.3) is 0 Å². The molecule has 0 radical (unpaired) electrons. The number of benzene rings is 7. The van der Waals surface area contributed by atoms with Gasteiger partial charge in [-0.05, 0) is 87.7 Å². The molecule has 4 heteroatoms. The molecule has 262 valence electrons. The second kappa shape index (κ2) is 12.7. The molecule has 1 spiro atoms. The number of hydrogen-bond acceptors (Lipinski definition) is 4. The van der Waals surface area contributed by atoms with Crippen molar-refractivity contribution in [1.82, 2.24) is 15.0 Å². The summed E-state index contributed by atoms with van der Waals surface area (Å²) in [7, 11) is 0. The predicted molar refractivity (Wildman–Crippen MR) is 224 cm³/mol. The summed E-state index contributed by atoms with van der Waals surface area (Å²) in [4.78, 5) is 15.4. The molecule has 2 aliphatic carbocycles. The Bertz CT molecular complexity index is 2900. The number of fused-ring (bicyclic) bond motifs is 8. The largest absolute Gasteiger partial charge is 0.456 e. The van der Waals surface area contributed by atoms with E-state index in [1.165, 1.54) is 65.5 Å². The Balaban J connectivity index is 1.02. The summed E-state index contributed by atoms with van der Waals surface area (Å²) in [5.41, 5.74) is 15.0. The molecule has 55 heavy (non-hydrogen) atoms.